The second-order valence-corrected chi connectivity index (χ2v) is 19.1. The highest BCUT2D eigenvalue weighted by Gasteiger charge is 2.26. The molecule has 7 rings (SSSR count). The standard InChI is InChI=1S/C51H67N11O10S/c1-34-29-38(9-11-41(34)48(66)59-51-56-30-35(2)73-51)47(65)53-14-20-69-22-24-71-26-28-72-27-25-70-23-21-68-19-13-52-44(64)33-60-15-17-61(18-16-60)40-10-12-43(54-31-40)57-50-55-32-42-36(3)45(37(4)63)49(67)62(46(42)58-50)39-7-5-6-8-39/h9-12,29-32,39H,5-8,13-28,33H2,1-4H3,(H,52,64)(H,53,65)(H,56,59,66)(H,54,55,57,58). The van der Waals surface area contributed by atoms with Crippen molar-refractivity contribution in [3.05, 3.63) is 92.0 Å². The van der Waals surface area contributed by atoms with Gasteiger partial charge >= 0.3 is 0 Å². The SMILES string of the molecule is CC(=O)c1c(C)c2cnc(Nc3ccc(N4CCN(CC(=O)NCCOCCOCCOCCOCCOCCNC(=O)c5ccc(C(=O)Nc6ncc(C)s6)c(C)c5)CC4)cn3)nc2n(C2CCCC2)c1=O. The van der Waals surface area contributed by atoms with Crippen molar-refractivity contribution in [3.8, 4) is 0 Å². The van der Waals surface area contributed by atoms with Gasteiger partial charge in [-0.15, -0.1) is 11.3 Å². The Bertz CT molecular complexity index is 2700. The van der Waals surface area contributed by atoms with Crippen molar-refractivity contribution in [3.63, 3.8) is 0 Å². The number of ketones is 1. The molecule has 1 aliphatic heterocycles. The first-order chi connectivity index (χ1) is 35.4. The van der Waals surface area contributed by atoms with Crippen LogP contribution >= 0.6 is 11.3 Å². The summed E-state index contributed by atoms with van der Waals surface area (Å²) < 4.78 is 29.5. The first-order valence-corrected chi connectivity index (χ1v) is 25.7. The fraction of sp³-hybridized carbons (Fsp3) is 0.510. The summed E-state index contributed by atoms with van der Waals surface area (Å²) >= 11 is 1.40. The number of Topliss-reactive ketones (excluding diaryl/α,β-unsaturated/α-hetero) is 1. The van der Waals surface area contributed by atoms with Gasteiger partial charge in [-0.1, -0.05) is 12.8 Å². The van der Waals surface area contributed by atoms with Crippen LogP contribution in [0.3, 0.4) is 0 Å². The number of carbonyl (C=O) groups is 4. The van der Waals surface area contributed by atoms with E-state index < -0.39 is 0 Å². The fourth-order valence-corrected chi connectivity index (χ4v) is 9.37. The molecule has 2 aliphatic rings. The molecular formula is C51H67N11O10S. The molecule has 0 atom stereocenters. The minimum Gasteiger partial charge on any atom is -0.377 e. The molecule has 1 aliphatic carbocycles. The Kier molecular flexibility index (Phi) is 20.7. The molecule has 0 unspecified atom stereocenters. The molecule has 0 radical (unpaired) electrons. The predicted octanol–water partition coefficient (Wildman–Crippen LogP) is 4.63. The third kappa shape index (κ3) is 15.9. The van der Waals surface area contributed by atoms with Crippen molar-refractivity contribution < 1.29 is 42.9 Å². The maximum Gasteiger partial charge on any atom is 0.263 e. The van der Waals surface area contributed by atoms with Gasteiger partial charge in [-0.2, -0.15) is 4.98 Å². The van der Waals surface area contributed by atoms with Gasteiger partial charge in [-0.05, 0) is 82.0 Å². The highest BCUT2D eigenvalue weighted by Crippen LogP contribution is 2.32. The minimum absolute atomic E-state index is 0.00427. The number of pyridine rings is 2. The van der Waals surface area contributed by atoms with Crippen molar-refractivity contribution in [2.45, 2.75) is 59.4 Å². The molecule has 5 aromatic rings. The molecule has 73 heavy (non-hydrogen) atoms. The number of anilines is 4. The Balaban J connectivity index is 0.657. The highest BCUT2D eigenvalue weighted by molar-refractivity contribution is 7.15. The maximum atomic E-state index is 13.6. The third-order valence-electron chi connectivity index (χ3n) is 12.5. The Morgan fingerprint density at radius 1 is 0.726 bits per heavy atom. The van der Waals surface area contributed by atoms with Crippen LogP contribution in [-0.2, 0) is 28.5 Å². The van der Waals surface area contributed by atoms with Crippen LogP contribution in [0.15, 0.2) is 53.7 Å². The van der Waals surface area contributed by atoms with Crippen molar-refractivity contribution in [2.75, 3.05) is 127 Å². The lowest BCUT2D eigenvalue weighted by Crippen LogP contribution is -2.49. The Morgan fingerprint density at radius 2 is 1.37 bits per heavy atom. The summed E-state index contributed by atoms with van der Waals surface area (Å²) in [6, 6.07) is 8.80. The second kappa shape index (κ2) is 27.7. The van der Waals surface area contributed by atoms with Crippen molar-refractivity contribution in [2.24, 2.45) is 0 Å². The van der Waals surface area contributed by atoms with Gasteiger partial charge in [0, 0.05) is 79.1 Å². The lowest BCUT2D eigenvalue weighted by atomic mass is 10.0. The van der Waals surface area contributed by atoms with Gasteiger partial charge in [-0.3, -0.25) is 38.8 Å². The zero-order valence-electron chi connectivity index (χ0n) is 42.2. The molecule has 4 N–H and O–H groups in total. The maximum absolute atomic E-state index is 13.6. The number of fused-ring (bicyclic) bond motifs is 1. The molecule has 1 aromatic carbocycles. The van der Waals surface area contributed by atoms with Crippen LogP contribution in [-0.4, -0.2) is 165 Å². The monoisotopic (exact) mass is 1030 g/mol. The van der Waals surface area contributed by atoms with Crippen LogP contribution in [0, 0.1) is 20.8 Å². The number of aryl methyl sites for hydroxylation is 3. The summed E-state index contributed by atoms with van der Waals surface area (Å²) in [5.74, 6) is 0.0659. The van der Waals surface area contributed by atoms with E-state index in [0.717, 1.165) is 62.4 Å². The number of rotatable bonds is 28. The summed E-state index contributed by atoms with van der Waals surface area (Å²) in [4.78, 5) is 87.3. The summed E-state index contributed by atoms with van der Waals surface area (Å²) in [5, 5.41) is 12.9. The number of aromatic nitrogens is 5. The fourth-order valence-electron chi connectivity index (χ4n) is 8.71. The number of hydrogen-bond acceptors (Lipinski definition) is 18. The van der Waals surface area contributed by atoms with Crippen molar-refractivity contribution in [1.29, 1.82) is 0 Å². The summed E-state index contributed by atoms with van der Waals surface area (Å²) in [6.45, 7) is 14.9. The van der Waals surface area contributed by atoms with E-state index in [9.17, 15) is 24.0 Å². The molecule has 0 spiro atoms. The molecular weight excluding hydrogens is 959 g/mol. The molecule has 22 heteroatoms. The van der Waals surface area contributed by atoms with Crippen LogP contribution in [0.25, 0.3) is 11.0 Å². The lowest BCUT2D eigenvalue weighted by molar-refractivity contribution is -0.122. The highest BCUT2D eigenvalue weighted by atomic mass is 32.1. The molecule has 5 heterocycles. The average Bonchev–Trinajstić information content (AvgIpc) is 4.06. The zero-order chi connectivity index (χ0) is 51.5. The molecule has 4 aromatic heterocycles. The number of amides is 3. The number of thiazole rings is 1. The van der Waals surface area contributed by atoms with Gasteiger partial charge in [0.1, 0.15) is 11.5 Å². The molecule has 3 amide bonds. The van der Waals surface area contributed by atoms with E-state index in [1.807, 2.05) is 19.1 Å². The van der Waals surface area contributed by atoms with Gasteiger partial charge in [-0.25, -0.2) is 15.0 Å². The minimum atomic E-state index is -0.287. The normalized spacial score (nSPS) is 14.2. The second-order valence-electron chi connectivity index (χ2n) is 17.8. The zero-order valence-corrected chi connectivity index (χ0v) is 43.0. The number of carbonyl (C=O) groups excluding carboxylic acids is 4. The van der Waals surface area contributed by atoms with Crippen LogP contribution in [0.5, 0.6) is 0 Å². The van der Waals surface area contributed by atoms with Gasteiger partial charge in [0.2, 0.25) is 11.9 Å². The third-order valence-corrected chi connectivity index (χ3v) is 13.3. The van der Waals surface area contributed by atoms with Gasteiger partial charge in [0.05, 0.1) is 90.1 Å². The molecule has 2 fully saturated rings. The van der Waals surface area contributed by atoms with Crippen LogP contribution < -0.4 is 31.7 Å². The van der Waals surface area contributed by atoms with Crippen molar-refractivity contribution >= 4 is 68.5 Å². The van der Waals surface area contributed by atoms with Crippen LogP contribution in [0.4, 0.5) is 22.6 Å². The molecule has 392 valence electrons. The van der Waals surface area contributed by atoms with E-state index in [0.29, 0.717) is 136 Å². The summed E-state index contributed by atoms with van der Waals surface area (Å²) in [6.07, 6.45) is 8.98. The van der Waals surface area contributed by atoms with Gasteiger partial charge in [0.15, 0.2) is 10.9 Å². The van der Waals surface area contributed by atoms with E-state index in [4.69, 9.17) is 28.7 Å². The molecule has 0 bridgehead atoms. The summed E-state index contributed by atoms with van der Waals surface area (Å²) in [7, 11) is 0. The number of ether oxygens (including phenoxy) is 5. The van der Waals surface area contributed by atoms with Crippen LogP contribution in [0.2, 0.25) is 0 Å². The quantitative estimate of drug-likeness (QED) is 0.0394. The molecule has 1 saturated heterocycles. The topological polar surface area (TPSA) is 243 Å². The number of piperazine rings is 1. The molecule has 21 nitrogen and oxygen atoms in total. The first-order valence-electron chi connectivity index (χ1n) is 24.9. The Hall–Kier alpha value is -6.27. The Morgan fingerprint density at radius 3 is 1.96 bits per heavy atom. The smallest absolute Gasteiger partial charge is 0.263 e. The van der Waals surface area contributed by atoms with Gasteiger partial charge in [0.25, 0.3) is 17.4 Å². The molecule has 1 saturated carbocycles. The van der Waals surface area contributed by atoms with E-state index in [1.165, 1.54) is 18.3 Å². The number of nitrogens with one attached hydrogen (secondary N) is 4. The largest absolute Gasteiger partial charge is 0.377 e. The van der Waals surface area contributed by atoms with E-state index >= 15 is 0 Å². The van der Waals surface area contributed by atoms with Crippen LogP contribution in [0.1, 0.15) is 85.7 Å². The van der Waals surface area contributed by atoms with Crippen molar-refractivity contribution in [1.82, 2.24) is 40.0 Å². The van der Waals surface area contributed by atoms with E-state index in [2.05, 4.69) is 46.0 Å². The van der Waals surface area contributed by atoms with E-state index in [-0.39, 0.29) is 40.7 Å². The van der Waals surface area contributed by atoms with E-state index in [1.54, 1.807) is 55.2 Å². The number of hydrogen-bond donors (Lipinski definition) is 4. The van der Waals surface area contributed by atoms with Gasteiger partial charge < -0.3 is 44.5 Å². The first kappa shape index (κ1) is 54.5. The summed E-state index contributed by atoms with van der Waals surface area (Å²) in [5.41, 5.74) is 3.64. The lowest BCUT2D eigenvalue weighted by Gasteiger charge is -2.35. The number of benzene rings is 1. The Labute approximate surface area is 428 Å². The predicted molar refractivity (Wildman–Crippen MR) is 278 cm³/mol. The average molecular weight is 1030 g/mol. The number of nitrogens with zero attached hydrogens (tertiary/aromatic N) is 7.